The van der Waals surface area contributed by atoms with Gasteiger partial charge in [-0.15, -0.1) is 0 Å². The Hall–Kier alpha value is -3.47. The number of rotatable bonds is 5. The summed E-state index contributed by atoms with van der Waals surface area (Å²) in [6.07, 6.45) is 1.67. The lowest BCUT2D eigenvalue weighted by molar-refractivity contribution is 0.423. The van der Waals surface area contributed by atoms with Crippen molar-refractivity contribution in [3.8, 4) is 23.1 Å². The maximum atomic E-state index is 6.01. The van der Waals surface area contributed by atoms with Crippen molar-refractivity contribution < 1.29 is 9.26 Å². The number of hydrogen-bond donors (Lipinski definition) is 0. The first-order chi connectivity index (χ1) is 13.9. The van der Waals surface area contributed by atoms with Crippen molar-refractivity contribution in [2.75, 3.05) is 0 Å². The predicted octanol–water partition coefficient (Wildman–Crippen LogP) is 5.87. The van der Waals surface area contributed by atoms with E-state index in [1.807, 2.05) is 12.1 Å². The summed E-state index contributed by atoms with van der Waals surface area (Å²) in [7, 11) is 0. The summed E-state index contributed by atoms with van der Waals surface area (Å²) < 4.78 is 11.2. The van der Waals surface area contributed by atoms with Gasteiger partial charge in [0.15, 0.2) is 5.82 Å². The second-order valence-corrected chi connectivity index (χ2v) is 7.64. The molecule has 0 spiro atoms. The summed E-state index contributed by atoms with van der Waals surface area (Å²) in [4.78, 5) is 8.48. The van der Waals surface area contributed by atoms with Gasteiger partial charge in [-0.2, -0.15) is 4.98 Å². The molecule has 2 aromatic heterocycles. The second-order valence-electron chi connectivity index (χ2n) is 7.64. The molecule has 146 valence electrons. The quantitative estimate of drug-likeness (QED) is 0.430. The van der Waals surface area contributed by atoms with Gasteiger partial charge in [0, 0.05) is 17.7 Å². The number of benzene rings is 2. The zero-order valence-electron chi connectivity index (χ0n) is 17.0. The van der Waals surface area contributed by atoms with E-state index in [4.69, 9.17) is 9.26 Å². The van der Waals surface area contributed by atoms with Crippen molar-refractivity contribution >= 4 is 0 Å². The van der Waals surface area contributed by atoms with Crippen LogP contribution in [0.15, 0.2) is 71.4 Å². The van der Waals surface area contributed by atoms with Crippen molar-refractivity contribution in [2.45, 2.75) is 33.1 Å². The molecule has 2 aromatic carbocycles. The molecule has 0 amide bonds. The van der Waals surface area contributed by atoms with Gasteiger partial charge in [-0.3, -0.25) is 4.98 Å². The molecule has 0 N–H and O–H groups in total. The third-order valence-corrected chi connectivity index (χ3v) is 5.06. The predicted molar refractivity (Wildman–Crippen MR) is 112 cm³/mol. The molecule has 4 aromatic rings. The molecular weight excluding hydrogens is 362 g/mol. The second kappa shape index (κ2) is 7.51. The van der Waals surface area contributed by atoms with Crippen LogP contribution in [0.4, 0.5) is 0 Å². The lowest BCUT2D eigenvalue weighted by Crippen LogP contribution is -2.18. The highest BCUT2D eigenvalue weighted by molar-refractivity contribution is 5.50. The monoisotopic (exact) mass is 385 g/mol. The fourth-order valence-corrected chi connectivity index (χ4v) is 3.21. The summed E-state index contributed by atoms with van der Waals surface area (Å²) in [6.45, 7) is 8.34. The van der Waals surface area contributed by atoms with Crippen LogP contribution in [-0.2, 0) is 5.41 Å². The van der Waals surface area contributed by atoms with Crippen LogP contribution >= 0.6 is 0 Å². The lowest BCUT2D eigenvalue weighted by atomic mass is 9.78. The molecule has 5 nitrogen and oxygen atoms in total. The normalized spacial score (nSPS) is 11.4. The number of hydrogen-bond acceptors (Lipinski definition) is 5. The van der Waals surface area contributed by atoms with E-state index >= 15 is 0 Å². The largest absolute Gasteiger partial charge is 0.457 e. The molecule has 0 aliphatic heterocycles. The van der Waals surface area contributed by atoms with Gasteiger partial charge < -0.3 is 9.26 Å². The molecule has 0 radical (unpaired) electrons. The Morgan fingerprint density at radius 3 is 2.10 bits per heavy atom. The van der Waals surface area contributed by atoms with E-state index in [0.717, 1.165) is 5.75 Å². The maximum absolute atomic E-state index is 6.01. The Labute approximate surface area is 170 Å². The van der Waals surface area contributed by atoms with Gasteiger partial charge in [0.05, 0.1) is 0 Å². The molecule has 0 aliphatic rings. The van der Waals surface area contributed by atoms with Crippen molar-refractivity contribution in [1.82, 2.24) is 15.1 Å². The van der Waals surface area contributed by atoms with E-state index in [9.17, 15) is 0 Å². The standard InChI is InChI=1S/C24H23N3O2/c1-16-5-7-18(8-6-16)24(3,4)19-9-11-20(12-10-19)28-21-13-14-25-22(15-21)23-26-17(2)27-29-23/h5-15H,1-4H3. The van der Waals surface area contributed by atoms with E-state index in [2.05, 4.69) is 72.3 Å². The van der Waals surface area contributed by atoms with Crippen LogP contribution in [0.2, 0.25) is 0 Å². The van der Waals surface area contributed by atoms with Crippen LogP contribution in [0.3, 0.4) is 0 Å². The fraction of sp³-hybridized carbons (Fsp3) is 0.208. The molecule has 0 saturated carbocycles. The summed E-state index contributed by atoms with van der Waals surface area (Å²) in [6, 6.07) is 20.5. The van der Waals surface area contributed by atoms with Gasteiger partial charge in [0.25, 0.3) is 5.89 Å². The number of ether oxygens (including phenoxy) is 1. The van der Waals surface area contributed by atoms with Crippen molar-refractivity contribution in [1.29, 1.82) is 0 Å². The molecule has 4 rings (SSSR count). The maximum Gasteiger partial charge on any atom is 0.276 e. The number of nitrogens with zero attached hydrogens (tertiary/aromatic N) is 3. The van der Waals surface area contributed by atoms with Gasteiger partial charge in [-0.05, 0) is 43.2 Å². The first-order valence-electron chi connectivity index (χ1n) is 9.54. The third-order valence-electron chi connectivity index (χ3n) is 5.06. The van der Waals surface area contributed by atoms with Crippen LogP contribution in [0.25, 0.3) is 11.6 Å². The summed E-state index contributed by atoms with van der Waals surface area (Å²) >= 11 is 0. The van der Waals surface area contributed by atoms with Crippen molar-refractivity contribution in [3.05, 3.63) is 89.4 Å². The number of pyridine rings is 1. The van der Waals surface area contributed by atoms with Crippen LogP contribution in [0, 0.1) is 13.8 Å². The highest BCUT2D eigenvalue weighted by atomic mass is 16.5. The summed E-state index contributed by atoms with van der Waals surface area (Å²) in [5.74, 6) is 2.37. The minimum Gasteiger partial charge on any atom is -0.457 e. The highest BCUT2D eigenvalue weighted by Crippen LogP contribution is 2.33. The molecule has 0 saturated heterocycles. The minimum absolute atomic E-state index is 0.0914. The molecule has 5 heteroatoms. The fourth-order valence-electron chi connectivity index (χ4n) is 3.21. The van der Waals surface area contributed by atoms with Gasteiger partial charge >= 0.3 is 0 Å². The molecule has 0 fully saturated rings. The van der Waals surface area contributed by atoms with Gasteiger partial charge in [-0.25, -0.2) is 0 Å². The molecule has 29 heavy (non-hydrogen) atoms. The Kier molecular flexibility index (Phi) is 4.89. The Bertz CT molecular complexity index is 1110. The molecular formula is C24H23N3O2. The molecule has 0 unspecified atom stereocenters. The minimum atomic E-state index is -0.0914. The van der Waals surface area contributed by atoms with E-state index < -0.39 is 0 Å². The van der Waals surface area contributed by atoms with Crippen LogP contribution in [0.1, 0.15) is 36.4 Å². The lowest BCUT2D eigenvalue weighted by Gasteiger charge is -2.26. The van der Waals surface area contributed by atoms with E-state index in [0.29, 0.717) is 23.2 Å². The van der Waals surface area contributed by atoms with E-state index in [1.165, 1.54) is 16.7 Å². The van der Waals surface area contributed by atoms with Gasteiger partial charge in [0.2, 0.25) is 0 Å². The van der Waals surface area contributed by atoms with Gasteiger partial charge in [-0.1, -0.05) is 61.0 Å². The zero-order chi connectivity index (χ0) is 20.4. The molecule has 0 aliphatic carbocycles. The highest BCUT2D eigenvalue weighted by Gasteiger charge is 2.23. The smallest absolute Gasteiger partial charge is 0.276 e. The van der Waals surface area contributed by atoms with Gasteiger partial charge in [0.1, 0.15) is 17.2 Å². The first-order valence-corrected chi connectivity index (χ1v) is 9.54. The van der Waals surface area contributed by atoms with Crippen LogP contribution < -0.4 is 4.74 Å². The average molecular weight is 385 g/mol. The van der Waals surface area contributed by atoms with Crippen molar-refractivity contribution in [3.63, 3.8) is 0 Å². The molecule has 2 heterocycles. The summed E-state index contributed by atoms with van der Waals surface area (Å²) in [5.41, 5.74) is 4.27. The Morgan fingerprint density at radius 2 is 1.48 bits per heavy atom. The average Bonchev–Trinajstić information content (AvgIpc) is 3.15. The number of aromatic nitrogens is 3. The third kappa shape index (κ3) is 4.04. The van der Waals surface area contributed by atoms with Crippen LogP contribution in [0.5, 0.6) is 11.5 Å². The Balaban J connectivity index is 1.53. The first kappa shape index (κ1) is 18.9. The molecule has 0 atom stereocenters. The zero-order valence-corrected chi connectivity index (χ0v) is 17.0. The molecule has 0 bridgehead atoms. The van der Waals surface area contributed by atoms with E-state index in [-0.39, 0.29) is 5.41 Å². The SMILES string of the molecule is Cc1ccc(C(C)(C)c2ccc(Oc3ccnc(-c4nc(C)no4)c3)cc2)cc1. The number of aryl methyl sites for hydroxylation is 2. The topological polar surface area (TPSA) is 61.0 Å². The van der Waals surface area contributed by atoms with Crippen LogP contribution in [-0.4, -0.2) is 15.1 Å². The van der Waals surface area contributed by atoms with Crippen molar-refractivity contribution in [2.24, 2.45) is 0 Å². The Morgan fingerprint density at radius 1 is 0.828 bits per heavy atom. The van der Waals surface area contributed by atoms with E-state index in [1.54, 1.807) is 25.3 Å². The summed E-state index contributed by atoms with van der Waals surface area (Å²) in [5, 5.41) is 3.80.